The maximum absolute atomic E-state index is 12.9. The van der Waals surface area contributed by atoms with Crippen molar-refractivity contribution in [3.05, 3.63) is 59.7 Å². The zero-order valence-electron chi connectivity index (χ0n) is 14.2. The van der Waals surface area contributed by atoms with Gasteiger partial charge >= 0.3 is 0 Å². The molecule has 0 spiro atoms. The topological polar surface area (TPSA) is 85.7 Å². The molecule has 0 saturated carbocycles. The Morgan fingerprint density at radius 3 is 2.64 bits per heavy atom. The molecule has 1 amide bonds. The lowest BCUT2D eigenvalue weighted by Crippen LogP contribution is -2.46. The number of amides is 1. The second-order valence-electron chi connectivity index (χ2n) is 6.40. The maximum atomic E-state index is 12.9. The van der Waals surface area contributed by atoms with Crippen LogP contribution in [0.2, 0.25) is 0 Å². The first-order valence-electron chi connectivity index (χ1n) is 8.01. The van der Waals surface area contributed by atoms with Crippen molar-refractivity contribution in [3.63, 3.8) is 0 Å². The van der Waals surface area contributed by atoms with E-state index < -0.39 is 5.54 Å². The van der Waals surface area contributed by atoms with Crippen LogP contribution >= 0.6 is 0 Å². The largest absolute Gasteiger partial charge is 0.508 e. The molecule has 0 radical (unpaired) electrons. The van der Waals surface area contributed by atoms with Crippen molar-refractivity contribution in [1.82, 2.24) is 10.2 Å². The average Bonchev–Trinajstić information content (AvgIpc) is 2.78. The maximum Gasteiger partial charge on any atom is 0.255 e. The van der Waals surface area contributed by atoms with E-state index in [1.54, 1.807) is 32.2 Å². The van der Waals surface area contributed by atoms with Gasteiger partial charge in [-0.25, -0.2) is 0 Å². The minimum Gasteiger partial charge on any atom is -0.508 e. The van der Waals surface area contributed by atoms with Gasteiger partial charge in [0.2, 0.25) is 0 Å². The summed E-state index contributed by atoms with van der Waals surface area (Å²) in [5, 5.41) is 20.7. The summed E-state index contributed by atoms with van der Waals surface area (Å²) in [6.45, 7) is 2.04. The lowest BCUT2D eigenvalue weighted by molar-refractivity contribution is -0.130. The van der Waals surface area contributed by atoms with E-state index in [1.807, 2.05) is 30.3 Å². The number of phenolic OH excluding ortho intramolecular Hbond substituents is 1. The van der Waals surface area contributed by atoms with Gasteiger partial charge in [-0.05, 0) is 42.3 Å². The highest BCUT2D eigenvalue weighted by Crippen LogP contribution is 2.25. The van der Waals surface area contributed by atoms with Gasteiger partial charge in [0.25, 0.3) is 5.91 Å². The van der Waals surface area contributed by atoms with Crippen LogP contribution in [0.15, 0.2) is 48.5 Å². The number of carbonyl (C=O) groups is 1. The van der Waals surface area contributed by atoms with E-state index in [0.717, 1.165) is 16.9 Å². The molecule has 1 fully saturated rings. The molecule has 2 aromatic carbocycles. The Balaban J connectivity index is 1.79. The van der Waals surface area contributed by atoms with Gasteiger partial charge in [-0.15, -0.1) is 0 Å². The number of phenols is 1. The quantitative estimate of drug-likeness (QED) is 0.780. The number of benzene rings is 2. The normalized spacial score (nSPS) is 19.8. The molecular weight excluding hydrogens is 318 g/mol. The van der Waals surface area contributed by atoms with E-state index in [2.05, 4.69) is 5.32 Å². The van der Waals surface area contributed by atoms with Gasteiger partial charge in [0.15, 0.2) is 5.96 Å². The van der Waals surface area contributed by atoms with E-state index in [4.69, 9.17) is 10.1 Å². The number of aromatic hydroxyl groups is 1. The molecule has 1 heterocycles. The number of guanidine groups is 1. The van der Waals surface area contributed by atoms with Gasteiger partial charge in [0.05, 0.1) is 13.7 Å². The molecule has 6 heteroatoms. The van der Waals surface area contributed by atoms with Crippen molar-refractivity contribution in [3.8, 4) is 11.5 Å². The van der Waals surface area contributed by atoms with Gasteiger partial charge in [0, 0.05) is 6.42 Å². The summed E-state index contributed by atoms with van der Waals surface area (Å²) in [5.74, 6) is 0.781. The molecule has 0 aromatic heterocycles. The van der Waals surface area contributed by atoms with E-state index in [-0.39, 0.29) is 24.2 Å². The molecule has 3 rings (SSSR count). The monoisotopic (exact) mass is 339 g/mol. The predicted octanol–water partition coefficient (Wildman–Crippen LogP) is 2.27. The lowest BCUT2D eigenvalue weighted by Gasteiger charge is -2.22. The van der Waals surface area contributed by atoms with Gasteiger partial charge < -0.3 is 15.2 Å². The number of nitrogens with zero attached hydrogens (tertiary/aromatic N) is 1. The molecule has 1 aliphatic rings. The number of hydrogen-bond donors (Lipinski definition) is 3. The highest BCUT2D eigenvalue weighted by Gasteiger charge is 2.45. The fourth-order valence-electron chi connectivity index (χ4n) is 3.08. The first-order chi connectivity index (χ1) is 11.9. The van der Waals surface area contributed by atoms with Crippen LogP contribution in [0.5, 0.6) is 11.5 Å². The summed E-state index contributed by atoms with van der Waals surface area (Å²) >= 11 is 0. The number of rotatable bonds is 5. The second-order valence-corrected chi connectivity index (χ2v) is 6.40. The van der Waals surface area contributed by atoms with E-state index >= 15 is 0 Å². The molecule has 1 aliphatic heterocycles. The van der Waals surface area contributed by atoms with Crippen molar-refractivity contribution in [1.29, 1.82) is 5.41 Å². The second kappa shape index (κ2) is 6.47. The van der Waals surface area contributed by atoms with Crippen LogP contribution in [-0.2, 0) is 17.8 Å². The number of nitrogens with one attached hydrogen (secondary N) is 2. The van der Waals surface area contributed by atoms with Crippen LogP contribution in [0.1, 0.15) is 18.1 Å². The molecule has 25 heavy (non-hydrogen) atoms. The molecule has 130 valence electrons. The summed E-state index contributed by atoms with van der Waals surface area (Å²) in [6, 6.07) is 14.3. The van der Waals surface area contributed by atoms with Gasteiger partial charge in [-0.1, -0.05) is 24.3 Å². The fraction of sp³-hybridized carbons (Fsp3) is 0.263. The van der Waals surface area contributed by atoms with Crippen LogP contribution in [0, 0.1) is 5.41 Å². The Bertz CT molecular complexity index is 821. The Morgan fingerprint density at radius 2 is 1.92 bits per heavy atom. The third kappa shape index (κ3) is 3.42. The third-order valence-corrected chi connectivity index (χ3v) is 4.32. The van der Waals surface area contributed by atoms with Crippen LogP contribution in [0.25, 0.3) is 0 Å². The standard InChI is InChI=1S/C19H21N3O3/c1-19(11-13-5-4-8-16(10-13)25-2)17(24)22(18(20)21-19)12-14-6-3-7-15(23)9-14/h3-10,23H,11-12H2,1-2H3,(H2,20,21). The summed E-state index contributed by atoms with van der Waals surface area (Å²) in [6.07, 6.45) is 0.446. The molecule has 1 atom stereocenters. The zero-order valence-corrected chi connectivity index (χ0v) is 14.2. The van der Waals surface area contributed by atoms with E-state index in [1.165, 1.54) is 4.90 Å². The molecule has 2 aromatic rings. The highest BCUT2D eigenvalue weighted by molar-refractivity contribution is 6.07. The minimum absolute atomic E-state index is 0.0683. The predicted molar refractivity (Wildman–Crippen MR) is 94.6 cm³/mol. The Hall–Kier alpha value is -3.02. The molecule has 0 aliphatic carbocycles. The van der Waals surface area contributed by atoms with Crippen molar-refractivity contribution in [2.24, 2.45) is 0 Å². The first kappa shape index (κ1) is 16.8. The summed E-state index contributed by atoms with van der Waals surface area (Å²) in [7, 11) is 1.60. The van der Waals surface area contributed by atoms with E-state index in [0.29, 0.717) is 6.42 Å². The lowest BCUT2D eigenvalue weighted by atomic mass is 9.92. The van der Waals surface area contributed by atoms with Crippen molar-refractivity contribution < 1.29 is 14.6 Å². The Morgan fingerprint density at radius 1 is 1.20 bits per heavy atom. The smallest absolute Gasteiger partial charge is 0.255 e. The summed E-state index contributed by atoms with van der Waals surface area (Å²) < 4.78 is 5.23. The van der Waals surface area contributed by atoms with Gasteiger partial charge in [0.1, 0.15) is 17.0 Å². The highest BCUT2D eigenvalue weighted by atomic mass is 16.5. The molecular formula is C19H21N3O3. The van der Waals surface area contributed by atoms with Crippen molar-refractivity contribution >= 4 is 11.9 Å². The number of carbonyl (C=O) groups excluding carboxylic acids is 1. The Labute approximate surface area is 146 Å². The molecule has 0 bridgehead atoms. The van der Waals surface area contributed by atoms with Crippen LogP contribution in [-0.4, -0.2) is 34.5 Å². The van der Waals surface area contributed by atoms with Crippen LogP contribution in [0.3, 0.4) is 0 Å². The molecule has 3 N–H and O–H groups in total. The SMILES string of the molecule is COc1cccc(CC2(C)NC(=N)N(Cc3cccc(O)c3)C2=O)c1. The number of ether oxygens (including phenoxy) is 1. The molecule has 1 unspecified atom stereocenters. The minimum atomic E-state index is -0.889. The average molecular weight is 339 g/mol. The fourth-order valence-corrected chi connectivity index (χ4v) is 3.08. The molecule has 6 nitrogen and oxygen atoms in total. The van der Waals surface area contributed by atoms with Gasteiger partial charge in [-0.2, -0.15) is 0 Å². The summed E-state index contributed by atoms with van der Waals surface area (Å²) in [5.41, 5.74) is 0.834. The number of hydrogen-bond acceptors (Lipinski definition) is 4. The van der Waals surface area contributed by atoms with Crippen molar-refractivity contribution in [2.75, 3.05) is 7.11 Å². The Kier molecular flexibility index (Phi) is 4.35. The summed E-state index contributed by atoms with van der Waals surface area (Å²) in [4.78, 5) is 14.3. The molecule has 1 saturated heterocycles. The van der Waals surface area contributed by atoms with E-state index in [9.17, 15) is 9.90 Å². The third-order valence-electron chi connectivity index (χ3n) is 4.32. The van der Waals surface area contributed by atoms with Crippen LogP contribution in [0.4, 0.5) is 0 Å². The zero-order chi connectivity index (χ0) is 18.0. The van der Waals surface area contributed by atoms with Crippen LogP contribution < -0.4 is 10.1 Å². The van der Waals surface area contributed by atoms with Crippen molar-refractivity contribution in [2.45, 2.75) is 25.4 Å². The first-order valence-corrected chi connectivity index (χ1v) is 8.01. The number of methoxy groups -OCH3 is 1. The van der Waals surface area contributed by atoms with Gasteiger partial charge in [-0.3, -0.25) is 15.1 Å².